The molecule has 86 valence electrons. The Labute approximate surface area is 95.5 Å². The Morgan fingerprint density at radius 2 is 2.00 bits per heavy atom. The summed E-state index contributed by atoms with van der Waals surface area (Å²) in [5.74, 6) is 1.04. The molecule has 0 aromatic heterocycles. The highest BCUT2D eigenvalue weighted by atomic mass is 16.5. The summed E-state index contributed by atoms with van der Waals surface area (Å²) < 4.78 is 11.5. The van der Waals surface area contributed by atoms with Gasteiger partial charge in [0.1, 0.15) is 11.9 Å². The van der Waals surface area contributed by atoms with Crippen LogP contribution in [0.3, 0.4) is 0 Å². The zero-order valence-corrected chi connectivity index (χ0v) is 9.53. The first-order chi connectivity index (χ1) is 7.77. The van der Waals surface area contributed by atoms with E-state index < -0.39 is 0 Å². The van der Waals surface area contributed by atoms with E-state index in [-0.39, 0.29) is 12.1 Å². The molecule has 0 unspecified atom stereocenters. The predicted molar refractivity (Wildman–Crippen MR) is 61.7 cm³/mol. The third-order valence-electron chi connectivity index (χ3n) is 3.42. The predicted octanol–water partition coefficient (Wildman–Crippen LogP) is 1.58. The topological polar surface area (TPSA) is 44.5 Å². The molecule has 0 bridgehead atoms. The van der Waals surface area contributed by atoms with E-state index in [4.69, 9.17) is 15.2 Å². The van der Waals surface area contributed by atoms with Crippen molar-refractivity contribution < 1.29 is 9.47 Å². The van der Waals surface area contributed by atoms with Crippen molar-refractivity contribution in [1.82, 2.24) is 0 Å². The fourth-order valence-electron chi connectivity index (χ4n) is 2.64. The number of ether oxygens (including phenoxy) is 2. The minimum Gasteiger partial charge on any atom is -0.493 e. The highest BCUT2D eigenvalue weighted by molar-refractivity contribution is 5.51. The summed E-state index contributed by atoms with van der Waals surface area (Å²) in [5.41, 5.74) is 9.84. The number of rotatable bonds is 1. The fraction of sp³-hybridized carbons (Fsp3) is 0.538. The monoisotopic (exact) mass is 219 g/mol. The first kappa shape index (κ1) is 10.1. The molecule has 2 aliphatic rings. The summed E-state index contributed by atoms with van der Waals surface area (Å²) >= 11 is 0. The van der Waals surface area contributed by atoms with Crippen molar-refractivity contribution >= 4 is 0 Å². The molecule has 0 fully saturated rings. The minimum atomic E-state index is -0.00296. The van der Waals surface area contributed by atoms with E-state index in [1.165, 1.54) is 16.7 Å². The van der Waals surface area contributed by atoms with Gasteiger partial charge in [0.15, 0.2) is 0 Å². The van der Waals surface area contributed by atoms with E-state index in [9.17, 15) is 0 Å². The maximum absolute atomic E-state index is 6.00. The highest BCUT2D eigenvalue weighted by Gasteiger charge is 2.30. The molecule has 2 N–H and O–H groups in total. The molecule has 1 aromatic carbocycles. The van der Waals surface area contributed by atoms with Crippen LogP contribution in [0.2, 0.25) is 0 Å². The smallest absolute Gasteiger partial charge is 0.128 e. The van der Waals surface area contributed by atoms with Crippen LogP contribution in [0.4, 0.5) is 0 Å². The van der Waals surface area contributed by atoms with Crippen molar-refractivity contribution in [2.24, 2.45) is 5.73 Å². The Morgan fingerprint density at radius 1 is 1.25 bits per heavy atom. The maximum Gasteiger partial charge on any atom is 0.128 e. The SMILES string of the molecule is C[C@H](N)[C@@H]1OCCc2ccc3c(c21)OCC3. The Kier molecular flexibility index (Phi) is 2.37. The summed E-state index contributed by atoms with van der Waals surface area (Å²) in [6, 6.07) is 4.40. The van der Waals surface area contributed by atoms with E-state index in [0.29, 0.717) is 0 Å². The van der Waals surface area contributed by atoms with Crippen molar-refractivity contribution in [3.8, 4) is 5.75 Å². The van der Waals surface area contributed by atoms with Gasteiger partial charge in [0, 0.05) is 18.0 Å². The number of benzene rings is 1. The summed E-state index contributed by atoms with van der Waals surface area (Å²) in [6.45, 7) is 3.55. The Bertz CT molecular complexity index is 415. The number of hydrogen-bond acceptors (Lipinski definition) is 3. The molecule has 0 radical (unpaired) electrons. The third kappa shape index (κ3) is 1.43. The van der Waals surface area contributed by atoms with Gasteiger partial charge in [0.2, 0.25) is 0 Å². The molecular formula is C13H17NO2. The molecular weight excluding hydrogens is 202 g/mol. The van der Waals surface area contributed by atoms with Gasteiger partial charge in [-0.3, -0.25) is 0 Å². The average Bonchev–Trinajstić information content (AvgIpc) is 2.76. The zero-order chi connectivity index (χ0) is 11.1. The molecule has 2 aliphatic heterocycles. The van der Waals surface area contributed by atoms with E-state index >= 15 is 0 Å². The van der Waals surface area contributed by atoms with E-state index in [1.54, 1.807) is 0 Å². The molecule has 0 spiro atoms. The third-order valence-corrected chi connectivity index (χ3v) is 3.42. The second-order valence-electron chi connectivity index (χ2n) is 4.63. The maximum atomic E-state index is 6.00. The molecule has 3 rings (SSSR count). The van der Waals surface area contributed by atoms with Gasteiger partial charge in [-0.1, -0.05) is 12.1 Å². The average molecular weight is 219 g/mol. The van der Waals surface area contributed by atoms with Crippen LogP contribution in [0, 0.1) is 0 Å². The van der Waals surface area contributed by atoms with Gasteiger partial charge in [-0.2, -0.15) is 0 Å². The van der Waals surface area contributed by atoms with Crippen molar-refractivity contribution in [3.63, 3.8) is 0 Å². The largest absolute Gasteiger partial charge is 0.493 e. The van der Waals surface area contributed by atoms with E-state index in [1.807, 2.05) is 6.92 Å². The van der Waals surface area contributed by atoms with Gasteiger partial charge in [0.05, 0.1) is 13.2 Å². The molecule has 0 saturated carbocycles. The summed E-state index contributed by atoms with van der Waals surface area (Å²) in [7, 11) is 0. The van der Waals surface area contributed by atoms with Crippen LogP contribution in [0.5, 0.6) is 5.75 Å². The summed E-state index contributed by atoms with van der Waals surface area (Å²) in [4.78, 5) is 0. The molecule has 2 atom stereocenters. The molecule has 1 aromatic rings. The van der Waals surface area contributed by atoms with Crippen LogP contribution in [-0.2, 0) is 17.6 Å². The van der Waals surface area contributed by atoms with Crippen molar-refractivity contribution in [3.05, 3.63) is 28.8 Å². The normalized spacial score (nSPS) is 24.5. The Hall–Kier alpha value is -1.06. The first-order valence-corrected chi connectivity index (χ1v) is 5.92. The molecule has 0 saturated heterocycles. The minimum absolute atomic E-state index is 0.00296. The van der Waals surface area contributed by atoms with Gasteiger partial charge in [0.25, 0.3) is 0 Å². The lowest BCUT2D eigenvalue weighted by molar-refractivity contribution is 0.0266. The van der Waals surface area contributed by atoms with Gasteiger partial charge in [-0.05, 0) is 24.5 Å². The fourth-order valence-corrected chi connectivity index (χ4v) is 2.64. The molecule has 16 heavy (non-hydrogen) atoms. The quantitative estimate of drug-likeness (QED) is 0.780. The lowest BCUT2D eigenvalue weighted by Gasteiger charge is -2.30. The van der Waals surface area contributed by atoms with Gasteiger partial charge < -0.3 is 15.2 Å². The van der Waals surface area contributed by atoms with Crippen LogP contribution in [0.15, 0.2) is 12.1 Å². The zero-order valence-electron chi connectivity index (χ0n) is 9.53. The van der Waals surface area contributed by atoms with Crippen LogP contribution in [0.1, 0.15) is 29.7 Å². The van der Waals surface area contributed by atoms with Crippen LogP contribution in [-0.4, -0.2) is 19.3 Å². The number of hydrogen-bond donors (Lipinski definition) is 1. The first-order valence-electron chi connectivity index (χ1n) is 5.92. The molecule has 0 aliphatic carbocycles. The Balaban J connectivity index is 2.13. The Morgan fingerprint density at radius 3 is 2.81 bits per heavy atom. The van der Waals surface area contributed by atoms with E-state index in [2.05, 4.69) is 12.1 Å². The molecule has 2 heterocycles. The highest BCUT2D eigenvalue weighted by Crippen LogP contribution is 2.40. The van der Waals surface area contributed by atoms with Crippen molar-refractivity contribution in [1.29, 1.82) is 0 Å². The van der Waals surface area contributed by atoms with Crippen molar-refractivity contribution in [2.45, 2.75) is 31.9 Å². The molecule has 3 heteroatoms. The standard InChI is InChI=1S/C13H17NO2/c1-8(14)12-11-9(4-6-15-12)2-3-10-5-7-16-13(10)11/h2-3,8,12H,4-7,14H2,1H3/t8-,12-/m0/s1. The van der Waals surface area contributed by atoms with Crippen LogP contribution in [0.25, 0.3) is 0 Å². The second-order valence-corrected chi connectivity index (χ2v) is 4.63. The summed E-state index contributed by atoms with van der Waals surface area (Å²) in [6.07, 6.45) is 1.97. The second kappa shape index (κ2) is 3.75. The molecule has 3 nitrogen and oxygen atoms in total. The van der Waals surface area contributed by atoms with Gasteiger partial charge >= 0.3 is 0 Å². The lowest BCUT2D eigenvalue weighted by atomic mass is 9.91. The lowest BCUT2D eigenvalue weighted by Crippen LogP contribution is -2.31. The number of fused-ring (bicyclic) bond motifs is 3. The van der Waals surface area contributed by atoms with Gasteiger partial charge in [-0.15, -0.1) is 0 Å². The number of nitrogens with two attached hydrogens (primary N) is 1. The van der Waals surface area contributed by atoms with Crippen LogP contribution < -0.4 is 10.5 Å². The van der Waals surface area contributed by atoms with Gasteiger partial charge in [-0.25, -0.2) is 0 Å². The van der Waals surface area contributed by atoms with E-state index in [0.717, 1.165) is 31.8 Å². The molecule has 0 amide bonds. The van der Waals surface area contributed by atoms with Crippen LogP contribution >= 0.6 is 0 Å². The summed E-state index contributed by atoms with van der Waals surface area (Å²) in [5, 5.41) is 0. The van der Waals surface area contributed by atoms with Crippen molar-refractivity contribution in [2.75, 3.05) is 13.2 Å².